The molecular weight excluding hydrogens is 644 g/mol. The van der Waals surface area contributed by atoms with E-state index in [2.05, 4.69) is 26.9 Å². The molecule has 2 aliphatic heterocycles. The minimum atomic E-state index is -1.13. The van der Waals surface area contributed by atoms with Crippen molar-refractivity contribution >= 4 is 46.3 Å². The Morgan fingerprint density at radius 2 is 1.73 bits per heavy atom. The van der Waals surface area contributed by atoms with Crippen LogP contribution in [0.15, 0.2) is 67.0 Å². The van der Waals surface area contributed by atoms with Crippen LogP contribution in [0.3, 0.4) is 0 Å². The number of rotatable bonds is 7. The van der Waals surface area contributed by atoms with Crippen LogP contribution in [0, 0.1) is 11.3 Å². The average molecular weight is 685 g/mol. The summed E-state index contributed by atoms with van der Waals surface area (Å²) in [4.78, 5) is 47.2. The van der Waals surface area contributed by atoms with Gasteiger partial charge in [-0.15, -0.1) is 0 Å². The van der Waals surface area contributed by atoms with Crippen molar-refractivity contribution < 1.29 is 29.0 Å². The highest BCUT2D eigenvalue weighted by atomic mass is 35.5. The van der Waals surface area contributed by atoms with Crippen LogP contribution in [0.1, 0.15) is 81.3 Å². The van der Waals surface area contributed by atoms with Gasteiger partial charge in [-0.2, -0.15) is 0 Å². The molecule has 1 saturated carbocycles. The molecule has 7 rings (SSSR count). The molecule has 0 radical (unpaired) electrons. The first-order chi connectivity index (χ1) is 23.4. The van der Waals surface area contributed by atoms with E-state index in [0.717, 1.165) is 68.4 Å². The highest BCUT2D eigenvalue weighted by Gasteiger charge is 2.61. The molecule has 10 nitrogen and oxygen atoms in total. The third-order valence-corrected chi connectivity index (χ3v) is 10.4. The second-order valence-electron chi connectivity index (χ2n) is 14.5. The summed E-state index contributed by atoms with van der Waals surface area (Å²) in [6.45, 7) is 7.78. The highest BCUT2D eigenvalue weighted by Crippen LogP contribution is 2.59. The lowest BCUT2D eigenvalue weighted by molar-refractivity contribution is -0.174. The van der Waals surface area contributed by atoms with Crippen molar-refractivity contribution in [1.29, 1.82) is 0 Å². The molecule has 0 bridgehead atoms. The molecule has 1 amide bonds. The van der Waals surface area contributed by atoms with E-state index in [1.165, 1.54) is 18.0 Å². The van der Waals surface area contributed by atoms with Gasteiger partial charge in [-0.05, 0) is 94.3 Å². The van der Waals surface area contributed by atoms with E-state index in [1.807, 2.05) is 45.0 Å². The van der Waals surface area contributed by atoms with Gasteiger partial charge in [-0.1, -0.05) is 36.6 Å². The topological polar surface area (TPSA) is 114 Å². The van der Waals surface area contributed by atoms with Gasteiger partial charge < -0.3 is 24.4 Å². The van der Waals surface area contributed by atoms with Crippen molar-refractivity contribution in [3.8, 4) is 11.5 Å². The van der Waals surface area contributed by atoms with E-state index in [4.69, 9.17) is 21.1 Å². The van der Waals surface area contributed by atoms with Crippen LogP contribution >= 0.6 is 11.6 Å². The summed E-state index contributed by atoms with van der Waals surface area (Å²) in [5.74, 6) is 0.867. The lowest BCUT2D eigenvalue weighted by Crippen LogP contribution is -2.63. The molecule has 2 aromatic carbocycles. The number of carboxylic acid groups (broad SMARTS) is 1. The number of amides is 1. The molecule has 1 atom stereocenters. The zero-order valence-electron chi connectivity index (χ0n) is 28.0. The number of pyridine rings is 1. The van der Waals surface area contributed by atoms with E-state index in [9.17, 15) is 19.5 Å². The number of carbonyl (C=O) groups excluding carboxylic acids is 2. The van der Waals surface area contributed by atoms with Gasteiger partial charge in [0.1, 0.15) is 28.3 Å². The van der Waals surface area contributed by atoms with Crippen molar-refractivity contribution in [1.82, 2.24) is 14.5 Å². The smallest absolute Gasteiger partial charge is 0.417 e. The molecule has 3 fully saturated rings. The Hall–Kier alpha value is -4.57. The van der Waals surface area contributed by atoms with Gasteiger partial charge in [0, 0.05) is 48.0 Å². The normalized spacial score (nSPS) is 19.3. The molecule has 11 heteroatoms. The number of halogens is 1. The summed E-state index contributed by atoms with van der Waals surface area (Å²) in [6, 6.07) is 17.0. The molecule has 4 heterocycles. The quantitative estimate of drug-likeness (QED) is 0.153. The van der Waals surface area contributed by atoms with E-state index in [0.29, 0.717) is 39.4 Å². The number of ether oxygens (including phenoxy) is 2. The predicted molar refractivity (Wildman–Crippen MR) is 187 cm³/mol. The Balaban J connectivity index is 1.08. The van der Waals surface area contributed by atoms with E-state index in [1.54, 1.807) is 18.2 Å². The van der Waals surface area contributed by atoms with Gasteiger partial charge in [0.05, 0.1) is 17.7 Å². The maximum absolute atomic E-state index is 13.7. The Bertz CT molecular complexity index is 1900. The molecule has 49 heavy (non-hydrogen) atoms. The van der Waals surface area contributed by atoms with Crippen LogP contribution in [-0.4, -0.2) is 62.8 Å². The number of aromatic nitrogens is 2. The Labute approximate surface area is 290 Å². The first-order valence-corrected chi connectivity index (χ1v) is 17.4. The molecule has 0 unspecified atom stereocenters. The number of hydrogen-bond donors (Lipinski definition) is 1. The summed E-state index contributed by atoms with van der Waals surface area (Å²) in [6.07, 6.45) is 7.72. The minimum Gasteiger partial charge on any atom is -0.464 e. The molecule has 1 spiro atoms. The van der Waals surface area contributed by atoms with E-state index >= 15 is 0 Å². The fraction of sp³-hybridized carbons (Fsp3) is 0.421. The molecule has 1 aliphatic carbocycles. The standard InChI is InChI=1S/C38H41ClN4O6/c1-37(2,3)49-34(44)30-11-10-28(21-31(30)48-29-20-26-14-19-42(36(46)47)33(26)40-22-29)41-17-12-24(13-18-41)23-43-32(25-6-8-27(39)9-7-25)38(35(43)45)15-4-5-16-38/h6-11,14,19-22,24,32H,4-5,12-13,15-18,23H2,1-3H3,(H,46,47)/t32-/m1/s1. The van der Waals surface area contributed by atoms with Crippen molar-refractivity contribution in [2.75, 3.05) is 24.5 Å². The van der Waals surface area contributed by atoms with Gasteiger partial charge in [-0.3, -0.25) is 4.79 Å². The molecule has 4 aromatic rings. The van der Waals surface area contributed by atoms with E-state index < -0.39 is 17.7 Å². The Morgan fingerprint density at radius 1 is 1.02 bits per heavy atom. The number of benzene rings is 2. The molecule has 2 saturated heterocycles. The minimum absolute atomic E-state index is 0.106. The van der Waals surface area contributed by atoms with Crippen molar-refractivity contribution in [3.63, 3.8) is 0 Å². The summed E-state index contributed by atoms with van der Waals surface area (Å²) in [5, 5.41) is 10.7. The lowest BCUT2D eigenvalue weighted by Gasteiger charge is -2.56. The van der Waals surface area contributed by atoms with Crippen LogP contribution in [0.2, 0.25) is 5.02 Å². The third kappa shape index (κ3) is 6.34. The van der Waals surface area contributed by atoms with Gasteiger partial charge in [-0.25, -0.2) is 19.1 Å². The highest BCUT2D eigenvalue weighted by molar-refractivity contribution is 6.30. The van der Waals surface area contributed by atoms with Crippen LogP contribution in [0.4, 0.5) is 10.5 Å². The number of hydrogen-bond acceptors (Lipinski definition) is 7. The predicted octanol–water partition coefficient (Wildman–Crippen LogP) is 8.32. The molecule has 1 N–H and O–H groups in total. The van der Waals surface area contributed by atoms with Crippen molar-refractivity contribution in [2.24, 2.45) is 11.3 Å². The number of anilines is 1. The maximum atomic E-state index is 13.7. The van der Waals surface area contributed by atoms with Crippen molar-refractivity contribution in [2.45, 2.75) is 70.9 Å². The number of piperidine rings is 1. The second kappa shape index (κ2) is 12.7. The van der Waals surface area contributed by atoms with Gasteiger partial charge in [0.15, 0.2) is 0 Å². The Morgan fingerprint density at radius 3 is 2.41 bits per heavy atom. The number of esters is 1. The van der Waals surface area contributed by atoms with Gasteiger partial charge >= 0.3 is 12.1 Å². The monoisotopic (exact) mass is 684 g/mol. The fourth-order valence-corrected chi connectivity index (χ4v) is 7.99. The average Bonchev–Trinajstić information content (AvgIpc) is 3.74. The lowest BCUT2D eigenvalue weighted by atomic mass is 9.66. The number of carbonyl (C=O) groups is 3. The summed E-state index contributed by atoms with van der Waals surface area (Å²) >= 11 is 6.21. The summed E-state index contributed by atoms with van der Waals surface area (Å²) < 4.78 is 13.0. The van der Waals surface area contributed by atoms with Crippen LogP contribution < -0.4 is 9.64 Å². The van der Waals surface area contributed by atoms with Gasteiger partial charge in [0.25, 0.3) is 0 Å². The van der Waals surface area contributed by atoms with Crippen LogP contribution in [0.5, 0.6) is 11.5 Å². The zero-order valence-corrected chi connectivity index (χ0v) is 28.8. The number of fused-ring (bicyclic) bond motifs is 1. The summed E-state index contributed by atoms with van der Waals surface area (Å²) in [7, 11) is 0. The second-order valence-corrected chi connectivity index (χ2v) is 15.0. The molecule has 2 aromatic heterocycles. The van der Waals surface area contributed by atoms with Crippen molar-refractivity contribution in [3.05, 3.63) is 83.1 Å². The first-order valence-electron chi connectivity index (χ1n) is 17.0. The number of β-lactam (4-membered cyclic amide) rings is 1. The maximum Gasteiger partial charge on any atom is 0.417 e. The summed E-state index contributed by atoms with van der Waals surface area (Å²) in [5.41, 5.74) is 1.70. The largest absolute Gasteiger partial charge is 0.464 e. The SMILES string of the molecule is CC(C)(C)OC(=O)c1ccc(N2CCC(CN3C(=O)C4(CCCC4)[C@H]3c3ccc(Cl)cc3)CC2)cc1Oc1cnc2c(ccn2C(=O)O)c1. The number of nitrogens with zero attached hydrogens (tertiary/aromatic N) is 4. The number of likely N-dealkylation sites (tertiary alicyclic amines) is 1. The zero-order chi connectivity index (χ0) is 34.5. The molecule has 3 aliphatic rings. The molecule has 256 valence electrons. The Kier molecular flexibility index (Phi) is 8.55. The third-order valence-electron chi connectivity index (χ3n) is 10.2. The van der Waals surface area contributed by atoms with Crippen LogP contribution in [0.25, 0.3) is 11.0 Å². The molecular formula is C38H41ClN4O6. The first kappa shape index (κ1) is 33.0. The van der Waals surface area contributed by atoms with E-state index in [-0.39, 0.29) is 17.0 Å². The fourth-order valence-electron chi connectivity index (χ4n) is 7.86. The van der Waals surface area contributed by atoms with Gasteiger partial charge in [0.2, 0.25) is 5.91 Å². The van der Waals surface area contributed by atoms with Crippen LogP contribution in [-0.2, 0) is 9.53 Å².